The average Bonchev–Trinajstić information content (AvgIpc) is 2.60. The van der Waals surface area contributed by atoms with Crippen LogP contribution in [0.1, 0.15) is 28.4 Å². The molecule has 0 aromatic heterocycles. The van der Waals surface area contributed by atoms with E-state index in [9.17, 15) is 9.59 Å². The summed E-state index contributed by atoms with van der Waals surface area (Å²) < 4.78 is 5.13. The van der Waals surface area contributed by atoms with E-state index in [1.807, 2.05) is 50.2 Å². The lowest BCUT2D eigenvalue weighted by Crippen LogP contribution is -2.28. The number of carbonyl (C=O) groups is 2. The maximum atomic E-state index is 12.2. The Bertz CT molecular complexity index is 715. The second-order valence-corrected chi connectivity index (χ2v) is 6.51. The lowest BCUT2D eigenvalue weighted by atomic mass is 10.1. The SMILES string of the molecule is CCSc1ccccc1C(=O)OCC(=O)NCc1ccccc1C. The fourth-order valence-electron chi connectivity index (χ4n) is 2.18. The van der Waals surface area contributed by atoms with E-state index >= 15 is 0 Å². The van der Waals surface area contributed by atoms with E-state index in [1.54, 1.807) is 23.9 Å². The molecule has 5 heteroatoms. The normalized spacial score (nSPS) is 10.2. The van der Waals surface area contributed by atoms with Gasteiger partial charge in [-0.2, -0.15) is 0 Å². The highest BCUT2D eigenvalue weighted by atomic mass is 32.2. The van der Waals surface area contributed by atoms with E-state index < -0.39 is 5.97 Å². The van der Waals surface area contributed by atoms with Crippen molar-refractivity contribution in [2.24, 2.45) is 0 Å². The Balaban J connectivity index is 1.85. The standard InChI is InChI=1S/C19H21NO3S/c1-3-24-17-11-7-6-10-16(17)19(22)23-13-18(21)20-12-15-9-5-4-8-14(15)2/h4-11H,3,12-13H2,1-2H3,(H,20,21). The van der Waals surface area contributed by atoms with Crippen LogP contribution >= 0.6 is 11.8 Å². The molecule has 0 atom stereocenters. The zero-order chi connectivity index (χ0) is 17.4. The van der Waals surface area contributed by atoms with E-state index in [2.05, 4.69) is 5.32 Å². The van der Waals surface area contributed by atoms with E-state index in [0.717, 1.165) is 21.8 Å². The first kappa shape index (κ1) is 18.1. The quantitative estimate of drug-likeness (QED) is 0.617. The Morgan fingerprint density at radius 3 is 2.54 bits per heavy atom. The largest absolute Gasteiger partial charge is 0.452 e. The number of esters is 1. The third kappa shape index (κ3) is 5.13. The van der Waals surface area contributed by atoms with Crippen LogP contribution in [-0.2, 0) is 16.1 Å². The number of aryl methyl sites for hydroxylation is 1. The van der Waals surface area contributed by atoms with E-state index in [-0.39, 0.29) is 12.5 Å². The summed E-state index contributed by atoms with van der Waals surface area (Å²) in [7, 11) is 0. The zero-order valence-electron chi connectivity index (χ0n) is 13.9. The molecule has 0 aliphatic carbocycles. The van der Waals surface area contributed by atoms with Crippen LogP contribution in [0.2, 0.25) is 0 Å². The third-order valence-corrected chi connectivity index (χ3v) is 4.43. The van der Waals surface area contributed by atoms with Crippen molar-refractivity contribution in [3.63, 3.8) is 0 Å². The Kier molecular flexibility index (Phi) is 6.88. The molecule has 126 valence electrons. The fraction of sp³-hybridized carbons (Fsp3) is 0.263. The van der Waals surface area contributed by atoms with Crippen molar-refractivity contribution in [2.45, 2.75) is 25.3 Å². The maximum Gasteiger partial charge on any atom is 0.339 e. The number of hydrogen-bond donors (Lipinski definition) is 1. The van der Waals surface area contributed by atoms with Gasteiger partial charge in [0.25, 0.3) is 5.91 Å². The Hall–Kier alpha value is -2.27. The molecular weight excluding hydrogens is 322 g/mol. The Morgan fingerprint density at radius 2 is 1.79 bits per heavy atom. The van der Waals surface area contributed by atoms with Gasteiger partial charge in [0.15, 0.2) is 6.61 Å². The maximum absolute atomic E-state index is 12.2. The van der Waals surface area contributed by atoms with Gasteiger partial charge in [-0.1, -0.05) is 43.3 Å². The van der Waals surface area contributed by atoms with Gasteiger partial charge in [0, 0.05) is 11.4 Å². The molecule has 0 aliphatic heterocycles. The number of benzene rings is 2. The van der Waals surface area contributed by atoms with Crippen LogP contribution in [0.15, 0.2) is 53.4 Å². The molecule has 0 saturated heterocycles. The van der Waals surface area contributed by atoms with Gasteiger partial charge in [-0.3, -0.25) is 4.79 Å². The molecule has 4 nitrogen and oxygen atoms in total. The lowest BCUT2D eigenvalue weighted by molar-refractivity contribution is -0.124. The molecule has 2 rings (SSSR count). The van der Waals surface area contributed by atoms with Crippen molar-refractivity contribution in [1.82, 2.24) is 5.32 Å². The zero-order valence-corrected chi connectivity index (χ0v) is 14.7. The highest BCUT2D eigenvalue weighted by molar-refractivity contribution is 7.99. The summed E-state index contributed by atoms with van der Waals surface area (Å²) in [5.41, 5.74) is 2.65. The van der Waals surface area contributed by atoms with Gasteiger partial charge < -0.3 is 10.1 Å². The summed E-state index contributed by atoms with van der Waals surface area (Å²) in [5.74, 6) is 0.0751. The molecule has 0 heterocycles. The predicted molar refractivity (Wildman–Crippen MR) is 96.1 cm³/mol. The second-order valence-electron chi connectivity index (χ2n) is 5.21. The first-order chi connectivity index (χ1) is 11.6. The Morgan fingerprint density at radius 1 is 1.08 bits per heavy atom. The minimum Gasteiger partial charge on any atom is -0.452 e. The molecular formula is C19H21NO3S. The van der Waals surface area contributed by atoms with Gasteiger partial charge in [0.05, 0.1) is 5.56 Å². The van der Waals surface area contributed by atoms with Crippen molar-refractivity contribution in [3.8, 4) is 0 Å². The van der Waals surface area contributed by atoms with Gasteiger partial charge in [0.2, 0.25) is 0 Å². The number of thioether (sulfide) groups is 1. The van der Waals surface area contributed by atoms with Crippen LogP contribution in [0.4, 0.5) is 0 Å². The highest BCUT2D eigenvalue weighted by Crippen LogP contribution is 2.22. The number of rotatable bonds is 7. The second kappa shape index (κ2) is 9.13. The molecule has 0 radical (unpaired) electrons. The minimum atomic E-state index is -0.474. The van der Waals surface area contributed by atoms with E-state index in [0.29, 0.717) is 12.1 Å². The van der Waals surface area contributed by atoms with Gasteiger partial charge in [-0.15, -0.1) is 11.8 Å². The van der Waals surface area contributed by atoms with Gasteiger partial charge in [-0.25, -0.2) is 4.79 Å². The molecule has 1 amide bonds. The highest BCUT2D eigenvalue weighted by Gasteiger charge is 2.14. The van der Waals surface area contributed by atoms with Gasteiger partial charge in [-0.05, 0) is 35.9 Å². The summed E-state index contributed by atoms with van der Waals surface area (Å²) in [4.78, 5) is 24.9. The monoisotopic (exact) mass is 343 g/mol. The van der Waals surface area contributed by atoms with Crippen LogP contribution in [0.5, 0.6) is 0 Å². The number of ether oxygens (including phenoxy) is 1. The summed E-state index contributed by atoms with van der Waals surface area (Å²) in [5, 5.41) is 2.77. The number of amides is 1. The smallest absolute Gasteiger partial charge is 0.339 e. The van der Waals surface area contributed by atoms with Crippen molar-refractivity contribution in [3.05, 3.63) is 65.2 Å². The van der Waals surface area contributed by atoms with Crippen molar-refractivity contribution in [2.75, 3.05) is 12.4 Å². The molecule has 0 unspecified atom stereocenters. The number of carbonyl (C=O) groups excluding carboxylic acids is 2. The van der Waals surface area contributed by atoms with E-state index in [4.69, 9.17) is 4.74 Å². The number of hydrogen-bond acceptors (Lipinski definition) is 4. The van der Waals surface area contributed by atoms with Gasteiger partial charge in [0.1, 0.15) is 0 Å². The van der Waals surface area contributed by atoms with Crippen molar-refractivity contribution in [1.29, 1.82) is 0 Å². The molecule has 24 heavy (non-hydrogen) atoms. The summed E-state index contributed by atoms with van der Waals surface area (Å²) in [6.07, 6.45) is 0. The van der Waals surface area contributed by atoms with Crippen molar-refractivity contribution >= 4 is 23.6 Å². The fourth-order valence-corrected chi connectivity index (χ4v) is 2.97. The minimum absolute atomic E-state index is 0.282. The summed E-state index contributed by atoms with van der Waals surface area (Å²) in [6.45, 7) is 4.15. The molecule has 2 aromatic carbocycles. The van der Waals surface area contributed by atoms with Crippen molar-refractivity contribution < 1.29 is 14.3 Å². The summed E-state index contributed by atoms with van der Waals surface area (Å²) in [6, 6.07) is 15.1. The Labute approximate surface area is 146 Å². The van der Waals surface area contributed by atoms with Crippen LogP contribution in [0.25, 0.3) is 0 Å². The first-order valence-corrected chi connectivity index (χ1v) is 8.80. The molecule has 2 aromatic rings. The lowest BCUT2D eigenvalue weighted by Gasteiger charge is -2.10. The van der Waals surface area contributed by atoms with Crippen LogP contribution < -0.4 is 5.32 Å². The number of nitrogens with one attached hydrogen (secondary N) is 1. The summed E-state index contributed by atoms with van der Waals surface area (Å²) >= 11 is 1.57. The van der Waals surface area contributed by atoms with E-state index in [1.165, 1.54) is 0 Å². The molecule has 0 spiro atoms. The molecule has 0 saturated carbocycles. The predicted octanol–water partition coefficient (Wildman–Crippen LogP) is 3.58. The first-order valence-electron chi connectivity index (χ1n) is 7.82. The molecule has 0 fully saturated rings. The molecule has 1 N–H and O–H groups in total. The molecule has 0 bridgehead atoms. The topological polar surface area (TPSA) is 55.4 Å². The molecule has 0 aliphatic rings. The average molecular weight is 343 g/mol. The van der Waals surface area contributed by atoms with Crippen LogP contribution in [0.3, 0.4) is 0 Å². The third-order valence-electron chi connectivity index (χ3n) is 3.48. The van der Waals surface area contributed by atoms with Crippen LogP contribution in [-0.4, -0.2) is 24.2 Å². The van der Waals surface area contributed by atoms with Crippen LogP contribution in [0, 0.1) is 6.92 Å². The van der Waals surface area contributed by atoms with Gasteiger partial charge >= 0.3 is 5.97 Å².